The number of amides is 1. The molecular formula is C12H13ClN2O3. The molecule has 18 heavy (non-hydrogen) atoms. The number of anilines is 1. The van der Waals surface area contributed by atoms with Crippen LogP contribution in [0.3, 0.4) is 0 Å². The minimum Gasteiger partial charge on any atom is -0.478 e. The first-order valence-corrected chi connectivity index (χ1v) is 6.00. The molecule has 1 amide bonds. The van der Waals surface area contributed by atoms with Crippen molar-refractivity contribution in [3.05, 3.63) is 28.8 Å². The zero-order valence-corrected chi connectivity index (χ0v) is 10.3. The van der Waals surface area contributed by atoms with Gasteiger partial charge in [-0.15, -0.1) is 0 Å². The third-order valence-corrected chi connectivity index (χ3v) is 2.94. The van der Waals surface area contributed by atoms with E-state index in [0.29, 0.717) is 11.7 Å². The van der Waals surface area contributed by atoms with Crippen LogP contribution in [-0.4, -0.2) is 29.6 Å². The third-order valence-electron chi connectivity index (χ3n) is 2.61. The maximum Gasteiger partial charge on any atom is 0.337 e. The molecule has 0 radical (unpaired) electrons. The molecule has 0 heterocycles. The summed E-state index contributed by atoms with van der Waals surface area (Å²) in [6, 6.07) is 4.83. The molecule has 0 atom stereocenters. The van der Waals surface area contributed by atoms with Crippen LogP contribution >= 0.6 is 11.6 Å². The predicted octanol–water partition coefficient (Wildman–Crippen LogP) is 1.73. The summed E-state index contributed by atoms with van der Waals surface area (Å²) in [5.74, 6) is -1.31. The van der Waals surface area contributed by atoms with Crippen LogP contribution in [0.1, 0.15) is 23.2 Å². The molecule has 0 unspecified atom stereocenters. The van der Waals surface area contributed by atoms with Gasteiger partial charge in [-0.1, -0.05) is 11.6 Å². The molecule has 6 heteroatoms. The highest BCUT2D eigenvalue weighted by molar-refractivity contribution is 6.33. The topological polar surface area (TPSA) is 78.4 Å². The van der Waals surface area contributed by atoms with Gasteiger partial charge in [0.05, 0.1) is 17.1 Å². The molecule has 3 N–H and O–H groups in total. The van der Waals surface area contributed by atoms with Crippen molar-refractivity contribution in [3.8, 4) is 0 Å². The van der Waals surface area contributed by atoms with Gasteiger partial charge in [0.1, 0.15) is 0 Å². The van der Waals surface area contributed by atoms with Crippen molar-refractivity contribution in [2.24, 2.45) is 0 Å². The maximum atomic E-state index is 11.6. The van der Waals surface area contributed by atoms with Gasteiger partial charge >= 0.3 is 5.97 Å². The van der Waals surface area contributed by atoms with Crippen molar-refractivity contribution < 1.29 is 14.7 Å². The quantitative estimate of drug-likeness (QED) is 0.760. The largest absolute Gasteiger partial charge is 0.478 e. The van der Waals surface area contributed by atoms with Crippen LogP contribution in [0, 0.1) is 0 Å². The van der Waals surface area contributed by atoms with Crippen molar-refractivity contribution in [1.82, 2.24) is 5.32 Å². The number of aromatic carboxylic acids is 1. The van der Waals surface area contributed by atoms with Crippen molar-refractivity contribution >= 4 is 29.2 Å². The number of rotatable bonds is 5. The Balaban J connectivity index is 1.97. The van der Waals surface area contributed by atoms with Crippen LogP contribution in [0.25, 0.3) is 0 Å². The number of carboxylic acid groups (broad SMARTS) is 1. The van der Waals surface area contributed by atoms with E-state index in [4.69, 9.17) is 16.7 Å². The molecule has 0 bridgehead atoms. The molecule has 2 rings (SSSR count). The molecule has 1 aliphatic rings. The van der Waals surface area contributed by atoms with E-state index in [0.717, 1.165) is 12.8 Å². The Bertz CT molecular complexity index is 486. The fraction of sp³-hybridized carbons (Fsp3) is 0.333. The fourth-order valence-electron chi connectivity index (χ4n) is 1.50. The molecule has 1 aromatic rings. The van der Waals surface area contributed by atoms with Gasteiger partial charge in [0.25, 0.3) is 0 Å². The van der Waals surface area contributed by atoms with Crippen LogP contribution in [0.15, 0.2) is 18.2 Å². The van der Waals surface area contributed by atoms with Gasteiger partial charge in [-0.3, -0.25) is 4.79 Å². The standard InChI is InChI=1S/C12H13ClN2O3/c13-10-4-3-8(5-9(10)12(17)18)15-11(16)6-14-7-1-2-7/h3-5,7,14H,1-2,6H2,(H,15,16)(H,17,18). The number of nitrogens with one attached hydrogen (secondary N) is 2. The van der Waals surface area contributed by atoms with E-state index >= 15 is 0 Å². The first-order valence-electron chi connectivity index (χ1n) is 5.62. The summed E-state index contributed by atoms with van der Waals surface area (Å²) in [6.07, 6.45) is 2.22. The number of carboxylic acids is 1. The van der Waals surface area contributed by atoms with E-state index in [-0.39, 0.29) is 23.0 Å². The summed E-state index contributed by atoms with van der Waals surface area (Å²) in [5, 5.41) is 14.7. The van der Waals surface area contributed by atoms with Crippen LogP contribution in [0.4, 0.5) is 5.69 Å². The van der Waals surface area contributed by atoms with Crippen LogP contribution < -0.4 is 10.6 Å². The smallest absolute Gasteiger partial charge is 0.337 e. The molecule has 1 aliphatic carbocycles. The second-order valence-corrected chi connectivity index (χ2v) is 4.61. The molecule has 1 fully saturated rings. The molecule has 1 aromatic carbocycles. The monoisotopic (exact) mass is 268 g/mol. The lowest BCUT2D eigenvalue weighted by Crippen LogP contribution is -2.29. The van der Waals surface area contributed by atoms with Crippen molar-refractivity contribution in [2.45, 2.75) is 18.9 Å². The van der Waals surface area contributed by atoms with Crippen LogP contribution in [-0.2, 0) is 4.79 Å². The Hall–Kier alpha value is -1.59. The molecule has 0 aromatic heterocycles. The van der Waals surface area contributed by atoms with E-state index in [2.05, 4.69) is 10.6 Å². The van der Waals surface area contributed by atoms with E-state index in [9.17, 15) is 9.59 Å². The predicted molar refractivity (Wildman–Crippen MR) is 68.1 cm³/mol. The molecule has 5 nitrogen and oxygen atoms in total. The van der Waals surface area contributed by atoms with E-state index in [1.54, 1.807) is 6.07 Å². The fourth-order valence-corrected chi connectivity index (χ4v) is 1.69. The van der Waals surface area contributed by atoms with Crippen molar-refractivity contribution in [3.63, 3.8) is 0 Å². The Labute approximate surface area is 109 Å². The number of halogens is 1. The number of benzene rings is 1. The van der Waals surface area contributed by atoms with Gasteiger partial charge in [0, 0.05) is 11.7 Å². The van der Waals surface area contributed by atoms with Crippen molar-refractivity contribution in [1.29, 1.82) is 0 Å². The number of carbonyl (C=O) groups excluding carboxylic acids is 1. The lowest BCUT2D eigenvalue weighted by molar-refractivity contribution is -0.115. The van der Waals surface area contributed by atoms with Gasteiger partial charge in [-0.25, -0.2) is 4.79 Å². The summed E-state index contributed by atoms with van der Waals surface area (Å²) in [4.78, 5) is 22.4. The number of hydrogen-bond donors (Lipinski definition) is 3. The average Bonchev–Trinajstić information content (AvgIpc) is 3.12. The highest BCUT2D eigenvalue weighted by Crippen LogP contribution is 2.21. The van der Waals surface area contributed by atoms with Crippen molar-refractivity contribution in [2.75, 3.05) is 11.9 Å². The lowest BCUT2D eigenvalue weighted by atomic mass is 10.2. The van der Waals surface area contributed by atoms with Gasteiger partial charge in [0.2, 0.25) is 5.91 Å². The van der Waals surface area contributed by atoms with Gasteiger partial charge in [-0.2, -0.15) is 0 Å². The van der Waals surface area contributed by atoms with Crippen LogP contribution in [0.5, 0.6) is 0 Å². The van der Waals surface area contributed by atoms with Crippen LogP contribution in [0.2, 0.25) is 5.02 Å². The zero-order chi connectivity index (χ0) is 13.1. The zero-order valence-electron chi connectivity index (χ0n) is 9.57. The normalized spacial score (nSPS) is 14.3. The molecular weight excluding hydrogens is 256 g/mol. The van der Waals surface area contributed by atoms with Gasteiger partial charge in [-0.05, 0) is 31.0 Å². The molecule has 1 saturated carbocycles. The highest BCUT2D eigenvalue weighted by atomic mass is 35.5. The first-order chi connectivity index (χ1) is 8.56. The molecule has 0 spiro atoms. The number of carbonyl (C=O) groups is 2. The third kappa shape index (κ3) is 3.45. The van der Waals surface area contributed by atoms with Gasteiger partial charge in [0.15, 0.2) is 0 Å². The minimum absolute atomic E-state index is 0.0235. The maximum absolute atomic E-state index is 11.6. The Kier molecular flexibility index (Phi) is 3.84. The van der Waals surface area contributed by atoms with E-state index in [1.807, 2.05) is 0 Å². The Morgan fingerprint density at radius 2 is 2.11 bits per heavy atom. The molecule has 0 saturated heterocycles. The summed E-state index contributed by atoms with van der Waals surface area (Å²) >= 11 is 5.73. The molecule has 96 valence electrons. The van der Waals surface area contributed by atoms with E-state index < -0.39 is 5.97 Å². The summed E-state index contributed by atoms with van der Waals surface area (Å²) in [7, 11) is 0. The summed E-state index contributed by atoms with van der Waals surface area (Å²) in [6.45, 7) is 0.232. The Morgan fingerprint density at radius 1 is 1.39 bits per heavy atom. The second-order valence-electron chi connectivity index (χ2n) is 4.20. The summed E-state index contributed by atoms with van der Waals surface area (Å²) in [5.41, 5.74) is 0.406. The summed E-state index contributed by atoms with van der Waals surface area (Å²) < 4.78 is 0. The number of hydrogen-bond acceptors (Lipinski definition) is 3. The second kappa shape index (κ2) is 5.37. The lowest BCUT2D eigenvalue weighted by Gasteiger charge is -2.07. The first kappa shape index (κ1) is 12.9. The van der Waals surface area contributed by atoms with E-state index in [1.165, 1.54) is 12.1 Å². The Morgan fingerprint density at radius 3 is 2.72 bits per heavy atom. The van der Waals surface area contributed by atoms with Gasteiger partial charge < -0.3 is 15.7 Å². The minimum atomic E-state index is -1.12. The average molecular weight is 269 g/mol. The highest BCUT2D eigenvalue weighted by Gasteiger charge is 2.21. The molecule has 0 aliphatic heterocycles. The SMILES string of the molecule is O=C(CNC1CC1)Nc1ccc(Cl)c(C(=O)O)c1.